The monoisotopic (exact) mass is 206 g/mol. The molecule has 15 heavy (non-hydrogen) atoms. The van der Waals surface area contributed by atoms with Gasteiger partial charge in [-0.25, -0.2) is 0 Å². The van der Waals surface area contributed by atoms with Crippen LogP contribution in [0.25, 0.3) is 0 Å². The molecule has 0 spiro atoms. The van der Waals surface area contributed by atoms with Crippen molar-refractivity contribution >= 4 is 0 Å². The molecular formula is C13H22N2. The van der Waals surface area contributed by atoms with Crippen LogP contribution in [0, 0.1) is 19.8 Å². The molecule has 2 heteroatoms. The number of unbranched alkanes of at least 4 members (excludes halogenated alkanes) is 1. The van der Waals surface area contributed by atoms with Gasteiger partial charge in [0.2, 0.25) is 0 Å². The highest BCUT2D eigenvalue weighted by atomic mass is 14.8. The maximum atomic E-state index is 4.53. The second kappa shape index (κ2) is 5.84. The van der Waals surface area contributed by atoms with Crippen LogP contribution >= 0.6 is 0 Å². The largest absolute Gasteiger partial charge is 0.258 e. The molecule has 0 aliphatic rings. The highest BCUT2D eigenvalue weighted by molar-refractivity contribution is 5.11. The zero-order valence-corrected chi connectivity index (χ0v) is 10.4. The Kier molecular flexibility index (Phi) is 4.73. The minimum absolute atomic E-state index is 0.815. The van der Waals surface area contributed by atoms with Crippen LogP contribution in [0.3, 0.4) is 0 Å². The standard InChI is InChI=1S/C13H22N2/c1-10(2)7-5-6-8-13-12(4)14-9-11(3)15-13/h9-10H,5-8H2,1-4H3. The number of aromatic nitrogens is 2. The van der Waals surface area contributed by atoms with E-state index in [1.54, 1.807) is 0 Å². The van der Waals surface area contributed by atoms with Crippen molar-refractivity contribution < 1.29 is 0 Å². The molecule has 0 N–H and O–H groups in total. The van der Waals surface area contributed by atoms with Crippen molar-refractivity contribution in [2.45, 2.75) is 53.4 Å². The van der Waals surface area contributed by atoms with E-state index in [1.807, 2.05) is 20.0 Å². The fourth-order valence-electron chi connectivity index (χ4n) is 1.67. The van der Waals surface area contributed by atoms with Crippen LogP contribution in [0.4, 0.5) is 0 Å². The number of rotatable bonds is 5. The zero-order valence-electron chi connectivity index (χ0n) is 10.4. The van der Waals surface area contributed by atoms with Gasteiger partial charge in [0.1, 0.15) is 0 Å². The number of nitrogens with zero attached hydrogens (tertiary/aromatic N) is 2. The lowest BCUT2D eigenvalue weighted by atomic mass is 10.0. The molecular weight excluding hydrogens is 184 g/mol. The van der Waals surface area contributed by atoms with Crippen LogP contribution in [0.5, 0.6) is 0 Å². The molecule has 0 saturated heterocycles. The first kappa shape index (κ1) is 12.2. The van der Waals surface area contributed by atoms with Gasteiger partial charge in [-0.2, -0.15) is 0 Å². The predicted octanol–water partition coefficient (Wildman–Crippen LogP) is 3.46. The first-order valence-corrected chi connectivity index (χ1v) is 5.88. The van der Waals surface area contributed by atoms with E-state index in [1.165, 1.54) is 25.0 Å². The van der Waals surface area contributed by atoms with Crippen molar-refractivity contribution in [3.05, 3.63) is 23.3 Å². The summed E-state index contributed by atoms with van der Waals surface area (Å²) in [5.41, 5.74) is 3.29. The Labute approximate surface area is 93.2 Å². The minimum atomic E-state index is 0.815. The molecule has 0 amide bonds. The van der Waals surface area contributed by atoms with Gasteiger partial charge in [-0.3, -0.25) is 9.97 Å². The molecule has 84 valence electrons. The van der Waals surface area contributed by atoms with Gasteiger partial charge in [-0.1, -0.05) is 26.7 Å². The summed E-state index contributed by atoms with van der Waals surface area (Å²) in [6, 6.07) is 0. The topological polar surface area (TPSA) is 25.8 Å². The third-order valence-electron chi connectivity index (χ3n) is 2.62. The maximum Gasteiger partial charge on any atom is 0.0619 e. The number of hydrogen-bond donors (Lipinski definition) is 0. The molecule has 1 aromatic heterocycles. The third kappa shape index (κ3) is 4.41. The lowest BCUT2D eigenvalue weighted by Gasteiger charge is -2.06. The lowest BCUT2D eigenvalue weighted by molar-refractivity contribution is 0.535. The molecule has 0 bridgehead atoms. The van der Waals surface area contributed by atoms with Crippen LogP contribution in [-0.4, -0.2) is 9.97 Å². The molecule has 1 rings (SSSR count). The molecule has 0 saturated carbocycles. The van der Waals surface area contributed by atoms with E-state index < -0.39 is 0 Å². The molecule has 1 heterocycles. The number of hydrogen-bond acceptors (Lipinski definition) is 2. The summed E-state index contributed by atoms with van der Waals surface area (Å²) in [6.45, 7) is 8.60. The van der Waals surface area contributed by atoms with Crippen molar-refractivity contribution in [2.75, 3.05) is 0 Å². The highest BCUT2D eigenvalue weighted by Crippen LogP contribution is 2.11. The predicted molar refractivity (Wildman–Crippen MR) is 63.9 cm³/mol. The molecule has 0 unspecified atom stereocenters. The summed E-state index contributed by atoms with van der Waals surface area (Å²) in [7, 11) is 0. The molecule has 1 aromatic rings. The molecule has 0 atom stereocenters. The Morgan fingerprint density at radius 3 is 2.60 bits per heavy atom. The van der Waals surface area contributed by atoms with E-state index in [2.05, 4.69) is 23.8 Å². The second-order valence-corrected chi connectivity index (χ2v) is 4.68. The van der Waals surface area contributed by atoms with E-state index in [0.717, 1.165) is 23.7 Å². The summed E-state index contributed by atoms with van der Waals surface area (Å²) in [6.07, 6.45) is 6.77. The quantitative estimate of drug-likeness (QED) is 0.689. The van der Waals surface area contributed by atoms with E-state index in [-0.39, 0.29) is 0 Å². The third-order valence-corrected chi connectivity index (χ3v) is 2.62. The van der Waals surface area contributed by atoms with Crippen LogP contribution in [-0.2, 0) is 6.42 Å². The summed E-state index contributed by atoms with van der Waals surface area (Å²) in [5.74, 6) is 0.815. The Hall–Kier alpha value is -0.920. The lowest BCUT2D eigenvalue weighted by Crippen LogP contribution is -1.99. The molecule has 0 fully saturated rings. The van der Waals surface area contributed by atoms with Gasteiger partial charge >= 0.3 is 0 Å². The minimum Gasteiger partial charge on any atom is -0.258 e. The summed E-state index contributed by atoms with van der Waals surface area (Å²) in [4.78, 5) is 8.86. The molecule has 0 radical (unpaired) electrons. The van der Waals surface area contributed by atoms with Crippen molar-refractivity contribution in [1.82, 2.24) is 9.97 Å². The van der Waals surface area contributed by atoms with Gasteiger partial charge in [0.25, 0.3) is 0 Å². The Balaban J connectivity index is 2.40. The first-order chi connectivity index (χ1) is 7.09. The molecule has 0 aromatic carbocycles. The summed E-state index contributed by atoms with van der Waals surface area (Å²) >= 11 is 0. The average Bonchev–Trinajstić information content (AvgIpc) is 2.17. The molecule has 0 aliphatic carbocycles. The van der Waals surface area contributed by atoms with Crippen molar-refractivity contribution in [1.29, 1.82) is 0 Å². The van der Waals surface area contributed by atoms with Crippen LogP contribution in [0.2, 0.25) is 0 Å². The first-order valence-electron chi connectivity index (χ1n) is 5.88. The Morgan fingerprint density at radius 2 is 1.93 bits per heavy atom. The zero-order chi connectivity index (χ0) is 11.3. The van der Waals surface area contributed by atoms with Gasteiger partial charge in [0, 0.05) is 6.20 Å². The average molecular weight is 206 g/mol. The molecule has 2 nitrogen and oxygen atoms in total. The normalized spacial score (nSPS) is 11.0. The molecule has 0 aliphatic heterocycles. The van der Waals surface area contributed by atoms with Crippen molar-refractivity contribution in [3.63, 3.8) is 0 Å². The van der Waals surface area contributed by atoms with Crippen LogP contribution < -0.4 is 0 Å². The SMILES string of the molecule is Cc1cnc(C)c(CCCCC(C)C)n1. The van der Waals surface area contributed by atoms with E-state index in [4.69, 9.17) is 0 Å². The highest BCUT2D eigenvalue weighted by Gasteiger charge is 2.02. The Bertz CT molecular complexity index is 305. The van der Waals surface area contributed by atoms with Gasteiger partial charge in [-0.15, -0.1) is 0 Å². The van der Waals surface area contributed by atoms with Crippen LogP contribution in [0.1, 0.15) is 50.2 Å². The van der Waals surface area contributed by atoms with E-state index >= 15 is 0 Å². The van der Waals surface area contributed by atoms with Gasteiger partial charge < -0.3 is 0 Å². The van der Waals surface area contributed by atoms with Gasteiger partial charge in [0.15, 0.2) is 0 Å². The smallest absolute Gasteiger partial charge is 0.0619 e. The van der Waals surface area contributed by atoms with Gasteiger partial charge in [0.05, 0.1) is 17.1 Å². The fraction of sp³-hybridized carbons (Fsp3) is 0.692. The van der Waals surface area contributed by atoms with E-state index in [0.29, 0.717) is 0 Å². The van der Waals surface area contributed by atoms with Crippen molar-refractivity contribution in [3.8, 4) is 0 Å². The summed E-state index contributed by atoms with van der Waals surface area (Å²) in [5, 5.41) is 0. The maximum absolute atomic E-state index is 4.53. The van der Waals surface area contributed by atoms with Crippen molar-refractivity contribution in [2.24, 2.45) is 5.92 Å². The summed E-state index contributed by atoms with van der Waals surface area (Å²) < 4.78 is 0. The Morgan fingerprint density at radius 1 is 1.20 bits per heavy atom. The fourth-order valence-corrected chi connectivity index (χ4v) is 1.67. The van der Waals surface area contributed by atoms with Crippen LogP contribution in [0.15, 0.2) is 6.20 Å². The van der Waals surface area contributed by atoms with Gasteiger partial charge in [-0.05, 0) is 32.6 Å². The number of aryl methyl sites for hydroxylation is 3. The second-order valence-electron chi connectivity index (χ2n) is 4.68. The van der Waals surface area contributed by atoms with E-state index in [9.17, 15) is 0 Å².